The van der Waals surface area contributed by atoms with Crippen LogP contribution in [0.2, 0.25) is 0 Å². The van der Waals surface area contributed by atoms with Crippen molar-refractivity contribution >= 4 is 27.5 Å². The Hall–Kier alpha value is -3.07. The second-order valence-electron chi connectivity index (χ2n) is 8.90. The number of nitrogens with one attached hydrogen (secondary N) is 1. The third-order valence-corrected chi connectivity index (χ3v) is 7.35. The molecule has 0 bridgehead atoms. The van der Waals surface area contributed by atoms with Crippen molar-refractivity contribution in [1.82, 2.24) is 10.2 Å². The molecule has 2 atom stereocenters. The van der Waals surface area contributed by atoms with E-state index in [2.05, 4.69) is 5.32 Å². The van der Waals surface area contributed by atoms with Crippen molar-refractivity contribution in [2.75, 3.05) is 24.2 Å². The predicted molar refractivity (Wildman–Crippen MR) is 144 cm³/mol. The van der Waals surface area contributed by atoms with Gasteiger partial charge in [0, 0.05) is 12.6 Å². The lowest BCUT2D eigenvalue weighted by Gasteiger charge is -2.33. The van der Waals surface area contributed by atoms with Crippen LogP contribution in [0.25, 0.3) is 0 Å². The van der Waals surface area contributed by atoms with Crippen LogP contribution in [-0.4, -0.2) is 57.1 Å². The summed E-state index contributed by atoms with van der Waals surface area (Å²) in [6.45, 7) is 7.48. The first-order valence-electron chi connectivity index (χ1n) is 12.3. The van der Waals surface area contributed by atoms with Crippen LogP contribution in [0.1, 0.15) is 51.7 Å². The van der Waals surface area contributed by atoms with Crippen molar-refractivity contribution < 1.29 is 22.7 Å². The maximum Gasteiger partial charge on any atom is 0.244 e. The molecular weight excluding hydrogens is 478 g/mol. The molecule has 2 rings (SSSR count). The van der Waals surface area contributed by atoms with Crippen LogP contribution in [0.15, 0.2) is 48.5 Å². The van der Waals surface area contributed by atoms with E-state index in [1.165, 1.54) is 4.90 Å². The topological polar surface area (TPSA) is 96.0 Å². The number of nitrogens with zero attached hydrogens (tertiary/aromatic N) is 2. The van der Waals surface area contributed by atoms with Crippen molar-refractivity contribution in [3.8, 4) is 5.75 Å². The van der Waals surface area contributed by atoms with E-state index in [0.717, 1.165) is 34.5 Å². The van der Waals surface area contributed by atoms with Crippen LogP contribution in [0.3, 0.4) is 0 Å². The zero-order valence-electron chi connectivity index (χ0n) is 22.2. The van der Waals surface area contributed by atoms with Crippen LogP contribution >= 0.6 is 0 Å². The van der Waals surface area contributed by atoms with E-state index >= 15 is 0 Å². The van der Waals surface area contributed by atoms with E-state index < -0.39 is 28.5 Å². The van der Waals surface area contributed by atoms with Crippen LogP contribution in [-0.2, 0) is 32.6 Å². The first-order chi connectivity index (χ1) is 17.0. The highest BCUT2D eigenvalue weighted by molar-refractivity contribution is 7.92. The lowest BCUT2D eigenvalue weighted by Crippen LogP contribution is -2.53. The molecule has 0 heterocycles. The third kappa shape index (κ3) is 7.98. The van der Waals surface area contributed by atoms with Crippen molar-refractivity contribution in [2.45, 2.75) is 65.6 Å². The molecule has 0 saturated heterocycles. The minimum atomic E-state index is -3.75. The Morgan fingerprint density at radius 2 is 1.53 bits per heavy atom. The maximum absolute atomic E-state index is 13.7. The molecule has 0 aromatic heterocycles. The first-order valence-corrected chi connectivity index (χ1v) is 14.2. The number of hydrogen-bond acceptors (Lipinski definition) is 5. The number of anilines is 1. The smallest absolute Gasteiger partial charge is 0.244 e. The molecule has 1 N–H and O–H groups in total. The van der Waals surface area contributed by atoms with Gasteiger partial charge >= 0.3 is 0 Å². The molecule has 198 valence electrons. The average molecular weight is 518 g/mol. The highest BCUT2D eigenvalue weighted by atomic mass is 32.2. The molecule has 0 spiro atoms. The Labute approximate surface area is 215 Å². The number of ether oxygens (including phenoxy) is 1. The fourth-order valence-electron chi connectivity index (χ4n) is 3.80. The summed E-state index contributed by atoms with van der Waals surface area (Å²) in [5, 5.41) is 2.96. The summed E-state index contributed by atoms with van der Waals surface area (Å²) in [5.74, 6) is -0.0363. The summed E-state index contributed by atoms with van der Waals surface area (Å²) in [6, 6.07) is 13.5. The average Bonchev–Trinajstić information content (AvgIpc) is 2.86. The normalized spacial score (nSPS) is 12.9. The van der Waals surface area contributed by atoms with Gasteiger partial charge in [0.2, 0.25) is 21.8 Å². The summed E-state index contributed by atoms with van der Waals surface area (Å²) in [6.07, 6.45) is 3.03. The molecule has 2 amide bonds. The Morgan fingerprint density at radius 3 is 2.00 bits per heavy atom. The van der Waals surface area contributed by atoms with E-state index in [4.69, 9.17) is 4.74 Å². The third-order valence-electron chi connectivity index (χ3n) is 6.21. The zero-order valence-corrected chi connectivity index (χ0v) is 23.0. The van der Waals surface area contributed by atoms with Crippen LogP contribution < -0.4 is 14.4 Å². The highest BCUT2D eigenvalue weighted by Gasteiger charge is 2.32. The van der Waals surface area contributed by atoms with Crippen molar-refractivity contribution in [1.29, 1.82) is 0 Å². The molecular formula is C27H39N3O5S. The number of rotatable bonds is 13. The van der Waals surface area contributed by atoms with Gasteiger partial charge < -0.3 is 15.0 Å². The molecule has 0 aliphatic heterocycles. The summed E-state index contributed by atoms with van der Waals surface area (Å²) in [7, 11) is -2.18. The van der Waals surface area contributed by atoms with Crippen LogP contribution in [0.4, 0.5) is 5.69 Å². The fraction of sp³-hybridized carbons (Fsp3) is 0.481. The minimum absolute atomic E-state index is 0.0471. The van der Waals surface area contributed by atoms with Gasteiger partial charge in [-0.25, -0.2) is 8.42 Å². The fourth-order valence-corrected chi connectivity index (χ4v) is 4.65. The number of benzene rings is 2. The van der Waals surface area contributed by atoms with Gasteiger partial charge in [-0.05, 0) is 61.6 Å². The van der Waals surface area contributed by atoms with Crippen molar-refractivity contribution in [3.05, 3.63) is 59.7 Å². The van der Waals surface area contributed by atoms with Crippen LogP contribution in [0.5, 0.6) is 5.75 Å². The van der Waals surface area contributed by atoms with Gasteiger partial charge in [-0.2, -0.15) is 0 Å². The lowest BCUT2D eigenvalue weighted by molar-refractivity contribution is -0.140. The predicted octanol–water partition coefficient (Wildman–Crippen LogP) is 3.75. The number of methoxy groups -OCH3 is 1. The Morgan fingerprint density at radius 1 is 0.944 bits per heavy atom. The summed E-state index contributed by atoms with van der Waals surface area (Å²) in [5.41, 5.74) is 2.27. The van der Waals surface area contributed by atoms with E-state index in [9.17, 15) is 18.0 Å². The molecule has 2 aromatic rings. The second-order valence-corrected chi connectivity index (χ2v) is 10.8. The molecule has 0 fully saturated rings. The van der Waals surface area contributed by atoms with Gasteiger partial charge in [-0.1, -0.05) is 45.0 Å². The van der Waals surface area contributed by atoms with Gasteiger partial charge in [0.05, 0.1) is 19.1 Å². The van der Waals surface area contributed by atoms with Gasteiger partial charge in [0.1, 0.15) is 18.3 Å². The Bertz CT molecular complexity index is 1100. The Kier molecular flexibility index (Phi) is 10.8. The van der Waals surface area contributed by atoms with Gasteiger partial charge in [-0.3, -0.25) is 13.9 Å². The second kappa shape index (κ2) is 13.3. The summed E-state index contributed by atoms with van der Waals surface area (Å²) in [4.78, 5) is 28.3. The molecule has 36 heavy (non-hydrogen) atoms. The molecule has 2 aromatic carbocycles. The van der Waals surface area contributed by atoms with E-state index in [-0.39, 0.29) is 18.5 Å². The van der Waals surface area contributed by atoms with Crippen LogP contribution in [0, 0.1) is 0 Å². The molecule has 8 nitrogen and oxygen atoms in total. The molecule has 0 aliphatic rings. The summed E-state index contributed by atoms with van der Waals surface area (Å²) >= 11 is 0. The van der Waals surface area contributed by atoms with Gasteiger partial charge in [0.15, 0.2) is 0 Å². The van der Waals surface area contributed by atoms with Crippen molar-refractivity contribution in [2.24, 2.45) is 0 Å². The van der Waals surface area contributed by atoms with Crippen molar-refractivity contribution in [3.63, 3.8) is 0 Å². The van der Waals surface area contributed by atoms with E-state index in [1.54, 1.807) is 31.4 Å². The highest BCUT2D eigenvalue weighted by Crippen LogP contribution is 2.21. The SMILES string of the molecule is CCc1ccc(N(CC(=O)N(Cc2ccc(OC)cc2)C(CC)C(=O)NC(C)CC)S(C)(=O)=O)cc1. The maximum atomic E-state index is 13.7. The first kappa shape index (κ1) is 29.2. The van der Waals surface area contributed by atoms with E-state index in [0.29, 0.717) is 17.9 Å². The number of aryl methyl sites for hydroxylation is 1. The largest absolute Gasteiger partial charge is 0.497 e. The molecule has 0 radical (unpaired) electrons. The minimum Gasteiger partial charge on any atom is -0.497 e. The molecule has 0 aliphatic carbocycles. The lowest BCUT2D eigenvalue weighted by atomic mass is 10.1. The number of amides is 2. The summed E-state index contributed by atoms with van der Waals surface area (Å²) < 4.78 is 31.7. The van der Waals surface area contributed by atoms with E-state index in [1.807, 2.05) is 52.0 Å². The van der Waals surface area contributed by atoms with Gasteiger partial charge in [0.25, 0.3) is 0 Å². The molecule has 9 heteroatoms. The molecule has 2 unspecified atom stereocenters. The number of hydrogen-bond donors (Lipinski definition) is 1. The monoisotopic (exact) mass is 517 g/mol. The number of carbonyl (C=O) groups excluding carboxylic acids is 2. The zero-order chi connectivity index (χ0) is 26.9. The quantitative estimate of drug-likeness (QED) is 0.437. The van der Waals surface area contributed by atoms with Gasteiger partial charge in [-0.15, -0.1) is 0 Å². The Balaban J connectivity index is 2.42. The number of sulfonamides is 1. The molecule has 0 saturated carbocycles. The standard InChI is InChI=1S/C27H39N3O5S/c1-7-20(4)28-27(32)25(9-3)29(18-22-12-16-24(35-5)17-13-22)26(31)19-30(36(6,33)34)23-14-10-21(8-2)11-15-23/h10-17,20,25H,7-9,18-19H2,1-6H3,(H,28,32). The number of carbonyl (C=O) groups is 2.